The number of rotatable bonds is 5. The van der Waals surface area contributed by atoms with Gasteiger partial charge in [-0.15, -0.1) is 11.3 Å². The van der Waals surface area contributed by atoms with Crippen molar-refractivity contribution in [3.8, 4) is 0 Å². The first kappa shape index (κ1) is 25.2. The minimum absolute atomic E-state index is 0.0498. The quantitative estimate of drug-likeness (QED) is 0.533. The number of hydrogen-bond donors (Lipinski definition) is 0. The summed E-state index contributed by atoms with van der Waals surface area (Å²) in [6.07, 6.45) is -5.12. The number of oxime groups is 1. The second-order valence-electron chi connectivity index (χ2n) is 8.87. The topological polar surface area (TPSA) is 87.5 Å². The monoisotopic (exact) mass is 541 g/mol. The average Bonchev–Trinajstić information content (AvgIpc) is 3.59. The highest BCUT2D eigenvalue weighted by molar-refractivity contribution is 7.10. The second-order valence-corrected chi connectivity index (χ2v) is 9.76. The molecule has 1 saturated heterocycles. The summed E-state index contributed by atoms with van der Waals surface area (Å²) < 4.78 is 66.5. The van der Waals surface area contributed by atoms with Crippen LogP contribution in [0.2, 0.25) is 0 Å². The highest BCUT2D eigenvalue weighted by Gasteiger charge is 2.43. The standard InChI is InChI=1S/C23H20F5N5O3S/c24-13-2-1-3-14(25)21(13)17-8-15(31-36-17)16-11-37-22(29-16)12-4-6-32(7-5-12)20(35)10-33-19(34)9-18(30-33)23(26,27)28/h1-3,11-12,17H,4-10H2. The van der Waals surface area contributed by atoms with Crippen molar-refractivity contribution in [1.82, 2.24) is 14.9 Å². The number of hydrogen-bond acceptors (Lipinski definition) is 7. The summed E-state index contributed by atoms with van der Waals surface area (Å²) in [5.74, 6) is -2.69. The summed E-state index contributed by atoms with van der Waals surface area (Å²) in [5.41, 5.74) is -0.337. The number of thiazole rings is 1. The van der Waals surface area contributed by atoms with Gasteiger partial charge in [-0.3, -0.25) is 9.59 Å². The summed E-state index contributed by atoms with van der Waals surface area (Å²) in [4.78, 5) is 35.8. The molecule has 1 aromatic carbocycles. The van der Waals surface area contributed by atoms with E-state index in [1.54, 1.807) is 5.38 Å². The minimum Gasteiger partial charge on any atom is -0.387 e. The predicted molar refractivity (Wildman–Crippen MR) is 122 cm³/mol. The van der Waals surface area contributed by atoms with E-state index >= 15 is 0 Å². The van der Waals surface area contributed by atoms with Gasteiger partial charge in [0.05, 0.1) is 22.7 Å². The molecule has 2 amide bonds. The molecule has 37 heavy (non-hydrogen) atoms. The lowest BCUT2D eigenvalue weighted by atomic mass is 9.97. The lowest BCUT2D eigenvalue weighted by Gasteiger charge is -2.31. The number of piperidine rings is 1. The lowest BCUT2D eigenvalue weighted by molar-refractivity contribution is -0.139. The van der Waals surface area contributed by atoms with Crippen LogP contribution in [0.15, 0.2) is 33.8 Å². The molecule has 2 aromatic rings. The minimum atomic E-state index is -4.70. The molecule has 196 valence electrons. The van der Waals surface area contributed by atoms with Gasteiger partial charge in [0.2, 0.25) is 11.8 Å². The van der Waals surface area contributed by atoms with Crippen LogP contribution in [0, 0.1) is 11.6 Å². The first-order chi connectivity index (χ1) is 17.6. The van der Waals surface area contributed by atoms with Crippen LogP contribution in [0.1, 0.15) is 54.0 Å². The van der Waals surface area contributed by atoms with E-state index in [2.05, 4.69) is 15.2 Å². The van der Waals surface area contributed by atoms with Crippen LogP contribution in [0.25, 0.3) is 0 Å². The van der Waals surface area contributed by atoms with Gasteiger partial charge in [-0.05, 0) is 25.0 Å². The maximum atomic E-state index is 14.1. The SMILES string of the molecule is O=C(CN1N=C(C(F)(F)F)CC1=O)N1CCC(c2nc(C3=NOC(c4c(F)cccc4F)C3)cs2)CC1. The van der Waals surface area contributed by atoms with E-state index in [1.807, 2.05) is 0 Å². The third kappa shape index (κ3) is 5.20. The molecule has 0 saturated carbocycles. The molecular weight excluding hydrogens is 521 g/mol. The number of likely N-dealkylation sites (tertiary alicyclic amines) is 1. The summed E-state index contributed by atoms with van der Waals surface area (Å²) >= 11 is 1.41. The molecule has 0 N–H and O–H groups in total. The van der Waals surface area contributed by atoms with Crippen molar-refractivity contribution in [3.05, 3.63) is 51.5 Å². The van der Waals surface area contributed by atoms with Gasteiger partial charge in [0.1, 0.15) is 23.9 Å². The zero-order valence-electron chi connectivity index (χ0n) is 19.2. The highest BCUT2D eigenvalue weighted by atomic mass is 32.1. The van der Waals surface area contributed by atoms with E-state index in [0.29, 0.717) is 42.3 Å². The Bertz CT molecular complexity index is 1270. The van der Waals surface area contributed by atoms with Crippen LogP contribution in [-0.4, -0.2) is 63.9 Å². The van der Waals surface area contributed by atoms with Gasteiger partial charge in [-0.1, -0.05) is 11.2 Å². The normalized spacial score (nSPS) is 20.8. The molecule has 0 radical (unpaired) electrons. The molecule has 0 spiro atoms. The molecule has 1 unspecified atom stereocenters. The Kier molecular flexibility index (Phi) is 6.68. The second kappa shape index (κ2) is 9.80. The fourth-order valence-electron chi connectivity index (χ4n) is 4.47. The van der Waals surface area contributed by atoms with Crippen molar-refractivity contribution in [1.29, 1.82) is 0 Å². The van der Waals surface area contributed by atoms with E-state index in [9.17, 15) is 31.5 Å². The highest BCUT2D eigenvalue weighted by Crippen LogP contribution is 2.35. The predicted octanol–water partition coefficient (Wildman–Crippen LogP) is 4.14. The van der Waals surface area contributed by atoms with E-state index in [-0.39, 0.29) is 17.9 Å². The number of carbonyl (C=O) groups is 2. The number of hydrazone groups is 1. The van der Waals surface area contributed by atoms with Gasteiger partial charge in [0, 0.05) is 30.8 Å². The number of alkyl halides is 3. The number of carbonyl (C=O) groups excluding carboxylic acids is 2. The van der Waals surface area contributed by atoms with Gasteiger partial charge in [-0.25, -0.2) is 18.8 Å². The molecular formula is C23H20F5N5O3S. The molecule has 1 atom stereocenters. The van der Waals surface area contributed by atoms with Crippen LogP contribution < -0.4 is 0 Å². The first-order valence-corrected chi connectivity index (χ1v) is 12.3. The molecule has 4 heterocycles. The number of nitrogens with zero attached hydrogens (tertiary/aromatic N) is 5. The van der Waals surface area contributed by atoms with Crippen LogP contribution in [-0.2, 0) is 14.4 Å². The van der Waals surface area contributed by atoms with Gasteiger partial charge < -0.3 is 9.74 Å². The van der Waals surface area contributed by atoms with Crippen molar-refractivity contribution >= 4 is 34.6 Å². The van der Waals surface area contributed by atoms with Gasteiger partial charge in [0.15, 0.2) is 11.8 Å². The van der Waals surface area contributed by atoms with Gasteiger partial charge >= 0.3 is 6.18 Å². The molecule has 3 aliphatic rings. The van der Waals surface area contributed by atoms with Crippen molar-refractivity contribution < 1.29 is 36.4 Å². The zero-order valence-corrected chi connectivity index (χ0v) is 20.0. The third-order valence-corrected chi connectivity index (χ3v) is 7.47. The molecule has 0 aliphatic carbocycles. The largest absolute Gasteiger partial charge is 0.431 e. The van der Waals surface area contributed by atoms with Crippen LogP contribution >= 0.6 is 11.3 Å². The summed E-state index contributed by atoms with van der Waals surface area (Å²) in [7, 11) is 0. The van der Waals surface area contributed by atoms with E-state index in [0.717, 1.165) is 17.1 Å². The Morgan fingerprint density at radius 1 is 1.16 bits per heavy atom. The summed E-state index contributed by atoms with van der Waals surface area (Å²) in [6.45, 7) is 0.179. The molecule has 14 heteroatoms. The van der Waals surface area contributed by atoms with Crippen LogP contribution in [0.4, 0.5) is 22.0 Å². The van der Waals surface area contributed by atoms with E-state index in [1.165, 1.54) is 22.3 Å². The number of aromatic nitrogens is 1. The first-order valence-electron chi connectivity index (χ1n) is 11.5. The molecule has 1 fully saturated rings. The van der Waals surface area contributed by atoms with Crippen LogP contribution in [0.5, 0.6) is 0 Å². The number of benzene rings is 1. The summed E-state index contributed by atoms with van der Waals surface area (Å²) in [6, 6.07) is 3.60. The van der Waals surface area contributed by atoms with E-state index in [4.69, 9.17) is 4.84 Å². The molecule has 5 rings (SSSR count). The Morgan fingerprint density at radius 3 is 2.51 bits per heavy atom. The van der Waals surface area contributed by atoms with Crippen LogP contribution in [0.3, 0.4) is 0 Å². The molecule has 1 aromatic heterocycles. The summed E-state index contributed by atoms with van der Waals surface area (Å²) in [5, 5.41) is 10.4. The van der Waals surface area contributed by atoms with Crippen molar-refractivity contribution in [2.24, 2.45) is 10.3 Å². The van der Waals surface area contributed by atoms with Crippen molar-refractivity contribution in [3.63, 3.8) is 0 Å². The average molecular weight is 542 g/mol. The molecule has 8 nitrogen and oxygen atoms in total. The smallest absolute Gasteiger partial charge is 0.387 e. The number of amides is 2. The Hall–Kier alpha value is -3.42. The maximum Gasteiger partial charge on any atom is 0.431 e. The fourth-order valence-corrected chi connectivity index (χ4v) is 5.47. The maximum absolute atomic E-state index is 14.1. The molecule has 0 bridgehead atoms. The van der Waals surface area contributed by atoms with E-state index < -0.39 is 54.4 Å². The number of halogens is 5. The van der Waals surface area contributed by atoms with Gasteiger partial charge in [-0.2, -0.15) is 18.3 Å². The van der Waals surface area contributed by atoms with Gasteiger partial charge in [0.25, 0.3) is 0 Å². The van der Waals surface area contributed by atoms with Crippen molar-refractivity contribution in [2.45, 2.75) is 43.9 Å². The third-order valence-electron chi connectivity index (χ3n) is 6.47. The lowest BCUT2D eigenvalue weighted by Crippen LogP contribution is -2.43. The van der Waals surface area contributed by atoms with Crippen molar-refractivity contribution in [2.75, 3.05) is 19.6 Å². The molecule has 3 aliphatic heterocycles. The Labute approximate surface area is 211 Å². The Balaban J connectivity index is 1.15. The zero-order chi connectivity index (χ0) is 26.3. The Morgan fingerprint density at radius 2 is 1.86 bits per heavy atom. The fraction of sp³-hybridized carbons (Fsp3) is 0.435.